The zero-order valence-electron chi connectivity index (χ0n) is 13.4. The summed E-state index contributed by atoms with van der Waals surface area (Å²) < 4.78 is 0. The van der Waals surface area contributed by atoms with Crippen molar-refractivity contribution in [1.29, 1.82) is 0 Å². The lowest BCUT2D eigenvalue weighted by Crippen LogP contribution is -2.48. The van der Waals surface area contributed by atoms with E-state index in [1.165, 1.54) is 32.5 Å². The molecule has 0 aromatic carbocycles. The van der Waals surface area contributed by atoms with Crippen LogP contribution in [0.25, 0.3) is 0 Å². The fourth-order valence-corrected chi connectivity index (χ4v) is 2.64. The minimum absolute atomic E-state index is 0.690. The summed E-state index contributed by atoms with van der Waals surface area (Å²) in [5, 5.41) is 3.72. The Kier molecular flexibility index (Phi) is 6.65. The number of hydrogen-bond acceptors (Lipinski definition) is 2. The van der Waals surface area contributed by atoms with E-state index in [0.717, 1.165) is 23.8 Å². The molecule has 1 aliphatic carbocycles. The van der Waals surface area contributed by atoms with Crippen LogP contribution in [-0.2, 0) is 0 Å². The van der Waals surface area contributed by atoms with E-state index in [1.54, 1.807) is 0 Å². The molecule has 1 rings (SSSR count). The molecule has 1 aliphatic rings. The van der Waals surface area contributed by atoms with Crippen molar-refractivity contribution < 1.29 is 0 Å². The molecule has 0 aliphatic heterocycles. The highest BCUT2D eigenvalue weighted by molar-refractivity contribution is 4.86. The molecule has 0 aromatic heterocycles. The fourth-order valence-electron chi connectivity index (χ4n) is 2.64. The average Bonchev–Trinajstić information content (AvgIpc) is 2.98. The Morgan fingerprint density at radius 3 is 1.78 bits per heavy atom. The minimum atomic E-state index is 0.690. The Morgan fingerprint density at radius 2 is 1.44 bits per heavy atom. The highest BCUT2D eigenvalue weighted by atomic mass is 15.2. The van der Waals surface area contributed by atoms with E-state index in [2.05, 4.69) is 51.8 Å². The van der Waals surface area contributed by atoms with E-state index < -0.39 is 0 Å². The van der Waals surface area contributed by atoms with Crippen LogP contribution >= 0.6 is 0 Å². The van der Waals surface area contributed by atoms with Crippen molar-refractivity contribution in [1.82, 2.24) is 10.2 Å². The molecule has 0 aromatic rings. The molecule has 1 unspecified atom stereocenters. The average molecular weight is 254 g/mol. The summed E-state index contributed by atoms with van der Waals surface area (Å²) in [6.07, 6.45) is 2.78. The van der Waals surface area contributed by atoms with Crippen LogP contribution in [0.1, 0.15) is 54.4 Å². The minimum Gasteiger partial charge on any atom is -0.312 e. The predicted molar refractivity (Wildman–Crippen MR) is 80.9 cm³/mol. The lowest BCUT2D eigenvalue weighted by atomic mass is 9.99. The van der Waals surface area contributed by atoms with Crippen molar-refractivity contribution in [2.45, 2.75) is 66.5 Å². The Bertz CT molecular complexity index is 209. The van der Waals surface area contributed by atoms with Gasteiger partial charge in [0.25, 0.3) is 0 Å². The van der Waals surface area contributed by atoms with Gasteiger partial charge in [0, 0.05) is 31.7 Å². The summed E-state index contributed by atoms with van der Waals surface area (Å²) in [5.74, 6) is 2.24. The molecule has 1 atom stereocenters. The van der Waals surface area contributed by atoms with Crippen LogP contribution < -0.4 is 5.32 Å². The third kappa shape index (κ3) is 6.19. The van der Waals surface area contributed by atoms with Crippen LogP contribution in [0.4, 0.5) is 0 Å². The van der Waals surface area contributed by atoms with Gasteiger partial charge in [0.1, 0.15) is 0 Å². The van der Waals surface area contributed by atoms with Gasteiger partial charge in [-0.1, -0.05) is 41.5 Å². The summed E-state index contributed by atoms with van der Waals surface area (Å²) in [7, 11) is 0. The quantitative estimate of drug-likeness (QED) is 0.678. The molecule has 0 bridgehead atoms. The summed E-state index contributed by atoms with van der Waals surface area (Å²) in [4.78, 5) is 2.72. The zero-order chi connectivity index (χ0) is 13.7. The lowest BCUT2D eigenvalue weighted by molar-refractivity contribution is 0.120. The monoisotopic (exact) mass is 254 g/mol. The molecular formula is C16H34N2. The Balaban J connectivity index is 2.55. The Hall–Kier alpha value is -0.0800. The van der Waals surface area contributed by atoms with Gasteiger partial charge in [0.05, 0.1) is 0 Å². The van der Waals surface area contributed by atoms with Gasteiger partial charge in [-0.2, -0.15) is 0 Å². The lowest BCUT2D eigenvalue weighted by Gasteiger charge is -2.37. The number of rotatable bonds is 9. The van der Waals surface area contributed by atoms with Gasteiger partial charge < -0.3 is 5.32 Å². The molecule has 2 nitrogen and oxygen atoms in total. The number of hydrogen-bond donors (Lipinski definition) is 1. The first-order chi connectivity index (χ1) is 8.40. The molecule has 0 heterocycles. The van der Waals surface area contributed by atoms with Gasteiger partial charge in [-0.3, -0.25) is 4.90 Å². The first kappa shape index (κ1) is 16.0. The van der Waals surface area contributed by atoms with E-state index in [1.807, 2.05) is 0 Å². The van der Waals surface area contributed by atoms with Gasteiger partial charge in [-0.05, 0) is 30.6 Å². The van der Waals surface area contributed by atoms with E-state index in [9.17, 15) is 0 Å². The summed E-state index contributed by atoms with van der Waals surface area (Å²) in [6, 6.07) is 1.52. The van der Waals surface area contributed by atoms with Crippen molar-refractivity contribution in [3.8, 4) is 0 Å². The van der Waals surface area contributed by atoms with Crippen LogP contribution in [0.2, 0.25) is 0 Å². The predicted octanol–water partition coefficient (Wildman–Crippen LogP) is 3.38. The van der Waals surface area contributed by atoms with E-state index in [4.69, 9.17) is 0 Å². The van der Waals surface area contributed by atoms with Gasteiger partial charge >= 0.3 is 0 Å². The van der Waals surface area contributed by atoms with Crippen LogP contribution in [0.3, 0.4) is 0 Å². The summed E-state index contributed by atoms with van der Waals surface area (Å²) in [5.41, 5.74) is 0. The van der Waals surface area contributed by atoms with Crippen molar-refractivity contribution in [3.63, 3.8) is 0 Å². The van der Waals surface area contributed by atoms with Gasteiger partial charge in [0.2, 0.25) is 0 Å². The molecule has 0 saturated heterocycles. The maximum atomic E-state index is 3.72. The highest BCUT2D eigenvalue weighted by Crippen LogP contribution is 2.20. The van der Waals surface area contributed by atoms with Gasteiger partial charge in [-0.15, -0.1) is 0 Å². The second-order valence-corrected chi connectivity index (χ2v) is 7.24. The first-order valence-corrected chi connectivity index (χ1v) is 7.87. The smallest absolute Gasteiger partial charge is 0.0243 e. The molecule has 2 heteroatoms. The highest BCUT2D eigenvalue weighted by Gasteiger charge is 2.27. The molecule has 1 N–H and O–H groups in total. The number of nitrogens with one attached hydrogen (secondary N) is 1. The third-order valence-corrected chi connectivity index (χ3v) is 3.63. The molecular weight excluding hydrogens is 220 g/mol. The second-order valence-electron chi connectivity index (χ2n) is 7.24. The topological polar surface area (TPSA) is 15.3 Å². The molecule has 0 amide bonds. The van der Waals surface area contributed by atoms with Crippen LogP contribution in [0.15, 0.2) is 0 Å². The molecule has 1 saturated carbocycles. The largest absolute Gasteiger partial charge is 0.312 e. The Labute approximate surface area is 115 Å². The van der Waals surface area contributed by atoms with Gasteiger partial charge in [0.15, 0.2) is 0 Å². The SMILES string of the molecule is CC(C)CN(CC(C)C)C(CNC1CC1)C(C)C. The van der Waals surface area contributed by atoms with Gasteiger partial charge in [-0.25, -0.2) is 0 Å². The van der Waals surface area contributed by atoms with Crippen LogP contribution in [0, 0.1) is 17.8 Å². The zero-order valence-corrected chi connectivity index (χ0v) is 13.4. The molecule has 108 valence electrons. The van der Waals surface area contributed by atoms with Crippen LogP contribution in [0.5, 0.6) is 0 Å². The molecule has 0 radical (unpaired) electrons. The maximum Gasteiger partial charge on any atom is 0.0243 e. The van der Waals surface area contributed by atoms with E-state index in [-0.39, 0.29) is 0 Å². The number of nitrogens with zero attached hydrogens (tertiary/aromatic N) is 1. The molecule has 0 spiro atoms. The third-order valence-electron chi connectivity index (χ3n) is 3.63. The maximum absolute atomic E-state index is 3.72. The van der Waals surface area contributed by atoms with E-state index in [0.29, 0.717) is 6.04 Å². The van der Waals surface area contributed by atoms with Crippen molar-refractivity contribution >= 4 is 0 Å². The van der Waals surface area contributed by atoms with Crippen molar-refractivity contribution in [2.24, 2.45) is 17.8 Å². The first-order valence-electron chi connectivity index (χ1n) is 7.87. The normalized spacial score (nSPS) is 18.3. The second kappa shape index (κ2) is 7.49. The Morgan fingerprint density at radius 1 is 0.944 bits per heavy atom. The summed E-state index contributed by atoms with van der Waals surface area (Å²) >= 11 is 0. The van der Waals surface area contributed by atoms with Crippen molar-refractivity contribution in [2.75, 3.05) is 19.6 Å². The van der Waals surface area contributed by atoms with Crippen LogP contribution in [-0.4, -0.2) is 36.6 Å². The van der Waals surface area contributed by atoms with Crippen molar-refractivity contribution in [3.05, 3.63) is 0 Å². The summed E-state index contributed by atoms with van der Waals surface area (Å²) in [6.45, 7) is 17.7. The fraction of sp³-hybridized carbons (Fsp3) is 1.00. The van der Waals surface area contributed by atoms with E-state index >= 15 is 0 Å². The molecule has 1 fully saturated rings. The standard InChI is InChI=1S/C16H34N2/c1-12(2)10-18(11-13(3)4)16(14(5)6)9-17-15-7-8-15/h12-17H,7-11H2,1-6H3. The molecule has 18 heavy (non-hydrogen) atoms.